The van der Waals surface area contributed by atoms with Crippen LogP contribution in [0.2, 0.25) is 0 Å². The molecular formula is C24H32FN5O3S. The van der Waals surface area contributed by atoms with Crippen molar-refractivity contribution in [1.82, 2.24) is 14.9 Å². The van der Waals surface area contributed by atoms with Crippen molar-refractivity contribution in [3.8, 4) is 0 Å². The van der Waals surface area contributed by atoms with Gasteiger partial charge in [-0.25, -0.2) is 22.8 Å². The van der Waals surface area contributed by atoms with Gasteiger partial charge in [-0.3, -0.25) is 4.79 Å². The number of anilines is 2. The molecular weight excluding hydrogens is 457 g/mol. The number of likely N-dealkylation sites (tertiary alicyclic amines) is 1. The molecule has 2 fully saturated rings. The number of halogens is 1. The maximum absolute atomic E-state index is 14.7. The Morgan fingerprint density at radius 1 is 1.12 bits per heavy atom. The first-order valence-corrected chi connectivity index (χ1v) is 13.7. The zero-order valence-corrected chi connectivity index (χ0v) is 20.7. The number of sulfone groups is 1. The molecule has 34 heavy (non-hydrogen) atoms. The first-order chi connectivity index (χ1) is 16.2. The van der Waals surface area contributed by atoms with Crippen LogP contribution >= 0.6 is 0 Å². The van der Waals surface area contributed by atoms with E-state index in [1.165, 1.54) is 6.07 Å². The number of nitrogens with zero attached hydrogens (tertiary/aromatic N) is 4. The van der Waals surface area contributed by atoms with Crippen molar-refractivity contribution < 1.29 is 17.6 Å². The van der Waals surface area contributed by atoms with Gasteiger partial charge in [-0.05, 0) is 62.3 Å². The topological polar surface area (TPSA) is 95.5 Å². The molecule has 3 heterocycles. The fourth-order valence-electron chi connectivity index (χ4n) is 4.83. The largest absolute Gasteiger partial charge is 0.371 e. The molecule has 1 aromatic carbocycles. The number of amides is 1. The maximum atomic E-state index is 14.7. The summed E-state index contributed by atoms with van der Waals surface area (Å²) in [5.41, 5.74) is 1.72. The van der Waals surface area contributed by atoms with Crippen molar-refractivity contribution >= 4 is 27.4 Å². The van der Waals surface area contributed by atoms with Gasteiger partial charge >= 0.3 is 0 Å². The molecule has 0 spiro atoms. The second kappa shape index (κ2) is 9.85. The molecule has 10 heteroatoms. The van der Waals surface area contributed by atoms with E-state index in [1.807, 2.05) is 17.3 Å². The molecule has 1 amide bonds. The number of aromatic nitrogens is 2. The molecule has 1 atom stereocenters. The fourth-order valence-corrected chi connectivity index (χ4v) is 5.79. The van der Waals surface area contributed by atoms with Crippen LogP contribution in [0.5, 0.6) is 0 Å². The Balaban J connectivity index is 1.40. The third kappa shape index (κ3) is 5.16. The summed E-state index contributed by atoms with van der Waals surface area (Å²) in [6, 6.07) is 2.10. The lowest BCUT2D eigenvalue weighted by Gasteiger charge is -2.42. The average Bonchev–Trinajstić information content (AvgIpc) is 2.82. The van der Waals surface area contributed by atoms with E-state index in [0.717, 1.165) is 62.6 Å². The fraction of sp³-hybridized carbons (Fsp3) is 0.542. The zero-order valence-electron chi connectivity index (χ0n) is 19.9. The summed E-state index contributed by atoms with van der Waals surface area (Å²) < 4.78 is 38.4. The molecule has 0 radical (unpaired) electrons. The van der Waals surface area contributed by atoms with Crippen molar-refractivity contribution in [1.29, 1.82) is 0 Å². The highest BCUT2D eigenvalue weighted by Gasteiger charge is 2.35. The lowest BCUT2D eigenvalue weighted by molar-refractivity contribution is -0.137. The Kier molecular flexibility index (Phi) is 7.06. The van der Waals surface area contributed by atoms with E-state index in [2.05, 4.69) is 27.1 Å². The van der Waals surface area contributed by atoms with E-state index in [-0.39, 0.29) is 22.5 Å². The Bertz CT molecular complexity index is 1150. The van der Waals surface area contributed by atoms with Crippen LogP contribution in [-0.2, 0) is 21.1 Å². The van der Waals surface area contributed by atoms with E-state index in [0.29, 0.717) is 18.5 Å². The number of hydrogen-bond acceptors (Lipinski definition) is 7. The number of benzene rings is 1. The third-order valence-electron chi connectivity index (χ3n) is 6.75. The number of nitrogens with one attached hydrogen (secondary N) is 1. The second-order valence-corrected chi connectivity index (χ2v) is 11.2. The molecule has 2 aromatic rings. The van der Waals surface area contributed by atoms with Crippen LogP contribution in [0.15, 0.2) is 29.4 Å². The average molecular weight is 490 g/mol. The van der Waals surface area contributed by atoms with Gasteiger partial charge in [-0.1, -0.05) is 6.92 Å². The Labute approximate surface area is 200 Å². The quantitative estimate of drug-likeness (QED) is 0.667. The van der Waals surface area contributed by atoms with Crippen LogP contribution in [0.4, 0.5) is 16.0 Å². The summed E-state index contributed by atoms with van der Waals surface area (Å²) in [5, 5.41) is 3.04. The minimum absolute atomic E-state index is 0.0301. The zero-order chi connectivity index (χ0) is 24.5. The summed E-state index contributed by atoms with van der Waals surface area (Å²) in [6.45, 7) is 5.95. The van der Waals surface area contributed by atoms with Crippen molar-refractivity contribution in [2.45, 2.75) is 62.9 Å². The van der Waals surface area contributed by atoms with Crippen molar-refractivity contribution in [2.75, 3.05) is 36.1 Å². The smallest absolute Gasteiger partial charge is 0.245 e. The number of carbonyl (C=O) groups excluding carboxylic acids is 1. The van der Waals surface area contributed by atoms with Gasteiger partial charge in [0.05, 0.1) is 10.6 Å². The maximum Gasteiger partial charge on any atom is 0.245 e. The molecule has 0 unspecified atom stereocenters. The Hall–Kier alpha value is -2.75. The molecule has 2 saturated heterocycles. The predicted octanol–water partition coefficient (Wildman–Crippen LogP) is 2.96. The molecule has 2 aliphatic heterocycles. The first-order valence-electron chi connectivity index (χ1n) is 11.8. The minimum atomic E-state index is -3.52. The summed E-state index contributed by atoms with van der Waals surface area (Å²) in [7, 11) is -3.52. The van der Waals surface area contributed by atoms with Crippen LogP contribution in [0.1, 0.15) is 43.7 Å². The first kappa shape index (κ1) is 24.4. The van der Waals surface area contributed by atoms with Gasteiger partial charge in [0.15, 0.2) is 9.84 Å². The standard InChI is InChI=1S/C24H32FN5O3S/c1-4-17-14-26-24(27-15-17)29-10-7-18(8-11-29)30-9-5-6-20(23(30)31)28-21-12-16(2)22(13-19(21)25)34(3,32)33/h12-15,18,20,28H,4-11H2,1-3H3/t20-/m0/s1. The molecule has 1 N–H and O–H groups in total. The van der Waals surface area contributed by atoms with Crippen LogP contribution < -0.4 is 10.2 Å². The number of carbonyl (C=O) groups is 1. The molecule has 0 saturated carbocycles. The summed E-state index contributed by atoms with van der Waals surface area (Å²) in [4.78, 5) is 26.3. The Morgan fingerprint density at radius 3 is 2.41 bits per heavy atom. The Morgan fingerprint density at radius 2 is 1.79 bits per heavy atom. The lowest BCUT2D eigenvalue weighted by atomic mass is 9.97. The molecule has 4 rings (SSSR count). The number of rotatable bonds is 6. The predicted molar refractivity (Wildman–Crippen MR) is 129 cm³/mol. The highest BCUT2D eigenvalue weighted by atomic mass is 32.2. The summed E-state index contributed by atoms with van der Waals surface area (Å²) in [5.74, 6) is 0.0272. The summed E-state index contributed by atoms with van der Waals surface area (Å²) >= 11 is 0. The van der Waals surface area contributed by atoms with E-state index in [9.17, 15) is 17.6 Å². The van der Waals surface area contributed by atoms with Crippen molar-refractivity contribution in [3.63, 3.8) is 0 Å². The number of piperidine rings is 2. The van der Waals surface area contributed by atoms with E-state index in [4.69, 9.17) is 0 Å². The van der Waals surface area contributed by atoms with E-state index in [1.54, 1.807) is 6.92 Å². The molecule has 184 valence electrons. The molecule has 0 aliphatic carbocycles. The van der Waals surface area contributed by atoms with Crippen molar-refractivity contribution in [3.05, 3.63) is 41.5 Å². The van der Waals surface area contributed by atoms with Gasteiger partial charge in [0.25, 0.3) is 0 Å². The number of hydrogen-bond donors (Lipinski definition) is 1. The van der Waals surface area contributed by atoms with Crippen LogP contribution in [0.3, 0.4) is 0 Å². The highest BCUT2D eigenvalue weighted by molar-refractivity contribution is 7.90. The molecule has 8 nitrogen and oxygen atoms in total. The monoisotopic (exact) mass is 489 g/mol. The van der Waals surface area contributed by atoms with Gasteiger partial charge < -0.3 is 15.1 Å². The van der Waals surface area contributed by atoms with Gasteiger partial charge in [0.1, 0.15) is 11.9 Å². The third-order valence-corrected chi connectivity index (χ3v) is 7.99. The normalized spacial score (nSPS) is 20.0. The molecule has 2 aliphatic rings. The van der Waals surface area contributed by atoms with E-state index >= 15 is 0 Å². The second-order valence-electron chi connectivity index (χ2n) is 9.20. The van der Waals surface area contributed by atoms with Gasteiger partial charge in [0, 0.05) is 44.3 Å². The van der Waals surface area contributed by atoms with Gasteiger partial charge in [0.2, 0.25) is 11.9 Å². The van der Waals surface area contributed by atoms with Crippen LogP contribution in [-0.4, -0.2) is 67.2 Å². The van der Waals surface area contributed by atoms with Gasteiger partial charge in [-0.15, -0.1) is 0 Å². The number of aryl methyl sites for hydroxylation is 2. The molecule has 0 bridgehead atoms. The van der Waals surface area contributed by atoms with Crippen molar-refractivity contribution in [2.24, 2.45) is 0 Å². The van der Waals surface area contributed by atoms with E-state index < -0.39 is 21.7 Å². The SMILES string of the molecule is CCc1cnc(N2CCC(N3CCC[C@H](Nc4cc(C)c(S(C)(=O)=O)cc4F)C3=O)CC2)nc1. The summed E-state index contributed by atoms with van der Waals surface area (Å²) in [6.07, 6.45) is 8.78. The van der Waals surface area contributed by atoms with Gasteiger partial charge in [-0.2, -0.15) is 0 Å². The minimum Gasteiger partial charge on any atom is -0.371 e. The lowest BCUT2D eigenvalue weighted by Crippen LogP contribution is -2.54. The molecule has 1 aromatic heterocycles. The highest BCUT2D eigenvalue weighted by Crippen LogP contribution is 2.28. The van der Waals surface area contributed by atoms with Crippen LogP contribution in [0, 0.1) is 12.7 Å². The van der Waals surface area contributed by atoms with Crippen LogP contribution in [0.25, 0.3) is 0 Å².